The highest BCUT2D eigenvalue weighted by molar-refractivity contribution is 7.07. The Kier molecular flexibility index (Phi) is 3.38. The van der Waals surface area contributed by atoms with E-state index >= 15 is 0 Å². The number of anilines is 1. The molecule has 0 bridgehead atoms. The minimum Gasteiger partial charge on any atom is -0.307 e. The van der Waals surface area contributed by atoms with Gasteiger partial charge in [-0.25, -0.2) is 9.97 Å². The van der Waals surface area contributed by atoms with Crippen LogP contribution in [0.5, 0.6) is 0 Å². The van der Waals surface area contributed by atoms with Gasteiger partial charge in [0.2, 0.25) is 5.95 Å². The van der Waals surface area contributed by atoms with Crippen LogP contribution in [0.15, 0.2) is 35.2 Å². The van der Waals surface area contributed by atoms with Crippen molar-refractivity contribution < 1.29 is 4.79 Å². The largest absolute Gasteiger partial charge is 0.307 e. The number of thiazole rings is 1. The van der Waals surface area contributed by atoms with Crippen LogP contribution in [0.3, 0.4) is 0 Å². The summed E-state index contributed by atoms with van der Waals surface area (Å²) in [7, 11) is 0. The fourth-order valence-electron chi connectivity index (χ4n) is 3.15. The van der Waals surface area contributed by atoms with Crippen LogP contribution in [0, 0.1) is 0 Å². The van der Waals surface area contributed by atoms with Crippen LogP contribution in [0.4, 0.5) is 5.95 Å². The molecule has 0 saturated heterocycles. The third-order valence-electron chi connectivity index (χ3n) is 4.18. The van der Waals surface area contributed by atoms with Crippen molar-refractivity contribution in [3.8, 4) is 0 Å². The molecule has 1 N–H and O–H groups in total. The lowest BCUT2D eigenvalue weighted by Crippen LogP contribution is -2.17. The summed E-state index contributed by atoms with van der Waals surface area (Å²) in [6, 6.07) is 8.46. The van der Waals surface area contributed by atoms with Crippen molar-refractivity contribution in [1.82, 2.24) is 14.5 Å². The zero-order valence-electron chi connectivity index (χ0n) is 12.0. The molecule has 5 nitrogen and oxygen atoms in total. The molecule has 3 aromatic rings. The molecule has 1 amide bonds. The Morgan fingerprint density at radius 1 is 1.27 bits per heavy atom. The van der Waals surface area contributed by atoms with Gasteiger partial charge < -0.3 is 4.57 Å². The molecule has 0 radical (unpaired) electrons. The van der Waals surface area contributed by atoms with Gasteiger partial charge in [-0.1, -0.05) is 25.0 Å². The van der Waals surface area contributed by atoms with E-state index < -0.39 is 0 Å². The van der Waals surface area contributed by atoms with E-state index in [2.05, 4.69) is 25.9 Å². The van der Waals surface area contributed by atoms with E-state index in [0.29, 0.717) is 17.7 Å². The lowest BCUT2D eigenvalue weighted by atomic mass is 10.2. The Labute approximate surface area is 132 Å². The summed E-state index contributed by atoms with van der Waals surface area (Å²) in [4.78, 5) is 21.0. The van der Waals surface area contributed by atoms with E-state index in [-0.39, 0.29) is 5.91 Å². The lowest BCUT2D eigenvalue weighted by Gasteiger charge is -2.16. The van der Waals surface area contributed by atoms with Crippen LogP contribution >= 0.6 is 11.3 Å². The third-order valence-corrected chi connectivity index (χ3v) is 4.76. The molecule has 0 unspecified atom stereocenters. The highest BCUT2D eigenvalue weighted by Crippen LogP contribution is 2.35. The predicted octanol–water partition coefficient (Wildman–Crippen LogP) is 3.86. The molecule has 0 spiro atoms. The van der Waals surface area contributed by atoms with Crippen molar-refractivity contribution in [2.45, 2.75) is 31.7 Å². The number of nitrogens with zero attached hydrogens (tertiary/aromatic N) is 3. The van der Waals surface area contributed by atoms with Gasteiger partial charge in [0.25, 0.3) is 5.91 Å². The first-order valence-electron chi connectivity index (χ1n) is 7.49. The van der Waals surface area contributed by atoms with Crippen LogP contribution in [0.2, 0.25) is 0 Å². The van der Waals surface area contributed by atoms with E-state index in [1.54, 1.807) is 10.9 Å². The van der Waals surface area contributed by atoms with Gasteiger partial charge in [-0.2, -0.15) is 0 Å². The fraction of sp³-hybridized carbons (Fsp3) is 0.312. The molecule has 0 aliphatic heterocycles. The van der Waals surface area contributed by atoms with Crippen molar-refractivity contribution in [3.05, 3.63) is 40.8 Å². The maximum absolute atomic E-state index is 12.3. The predicted molar refractivity (Wildman–Crippen MR) is 87.3 cm³/mol. The first-order chi connectivity index (χ1) is 10.8. The average molecular weight is 312 g/mol. The number of amides is 1. The summed E-state index contributed by atoms with van der Waals surface area (Å²) < 4.78 is 2.19. The smallest absolute Gasteiger partial charge is 0.277 e. The summed E-state index contributed by atoms with van der Waals surface area (Å²) in [5, 5.41) is 4.68. The molecular weight excluding hydrogens is 296 g/mol. The maximum Gasteiger partial charge on any atom is 0.277 e. The molecule has 1 aliphatic rings. The number of hydrogen-bond donors (Lipinski definition) is 1. The van der Waals surface area contributed by atoms with E-state index in [1.165, 1.54) is 24.2 Å². The molecule has 6 heteroatoms. The van der Waals surface area contributed by atoms with Gasteiger partial charge in [0.1, 0.15) is 5.69 Å². The summed E-state index contributed by atoms with van der Waals surface area (Å²) in [6.07, 6.45) is 4.74. The standard InChI is InChI=1S/C16H16N4OS/c21-15(13-9-22-10-17-13)19-16-18-12-7-3-4-8-14(12)20(16)11-5-1-2-6-11/h3-4,7-11H,1-2,5-6H2,(H,18,19,21). The Bertz CT molecular complexity index is 803. The van der Waals surface area contributed by atoms with Gasteiger partial charge in [-0.05, 0) is 25.0 Å². The topological polar surface area (TPSA) is 59.8 Å². The van der Waals surface area contributed by atoms with Gasteiger partial charge in [-0.15, -0.1) is 11.3 Å². The van der Waals surface area contributed by atoms with E-state index in [0.717, 1.165) is 23.9 Å². The number of carbonyl (C=O) groups is 1. The number of para-hydroxylation sites is 2. The normalized spacial score (nSPS) is 15.5. The quantitative estimate of drug-likeness (QED) is 0.799. The minimum atomic E-state index is -0.198. The van der Waals surface area contributed by atoms with E-state index in [9.17, 15) is 4.79 Å². The van der Waals surface area contributed by atoms with Crippen LogP contribution in [-0.4, -0.2) is 20.4 Å². The van der Waals surface area contributed by atoms with Gasteiger partial charge in [0, 0.05) is 11.4 Å². The number of benzene rings is 1. The zero-order chi connectivity index (χ0) is 14.9. The van der Waals surface area contributed by atoms with Gasteiger partial charge in [-0.3, -0.25) is 10.1 Å². The number of fused-ring (bicyclic) bond motifs is 1. The highest BCUT2D eigenvalue weighted by atomic mass is 32.1. The average Bonchev–Trinajstić information content (AvgIpc) is 3.27. The number of hydrogen-bond acceptors (Lipinski definition) is 4. The summed E-state index contributed by atoms with van der Waals surface area (Å²) in [5.74, 6) is 0.432. The van der Waals surface area contributed by atoms with Crippen molar-refractivity contribution >= 4 is 34.2 Å². The molecule has 0 atom stereocenters. The Balaban J connectivity index is 1.75. The number of rotatable bonds is 3. The SMILES string of the molecule is O=C(Nc1nc2ccccc2n1C1CCCC1)c1cscn1. The molecule has 1 aliphatic carbocycles. The second kappa shape index (κ2) is 5.53. The summed E-state index contributed by atoms with van der Waals surface area (Å²) >= 11 is 1.41. The molecule has 4 rings (SSSR count). The number of imidazole rings is 1. The fourth-order valence-corrected chi connectivity index (χ4v) is 3.69. The highest BCUT2D eigenvalue weighted by Gasteiger charge is 2.23. The molecule has 2 heterocycles. The van der Waals surface area contributed by atoms with Crippen molar-refractivity contribution in [1.29, 1.82) is 0 Å². The number of carbonyl (C=O) groups excluding carboxylic acids is 1. The third kappa shape index (κ3) is 2.29. The van der Waals surface area contributed by atoms with Crippen LogP contribution in [0.25, 0.3) is 11.0 Å². The molecule has 1 fully saturated rings. The van der Waals surface area contributed by atoms with Crippen molar-refractivity contribution in [2.24, 2.45) is 0 Å². The number of aromatic nitrogens is 3. The molecule has 2 aromatic heterocycles. The van der Waals surface area contributed by atoms with Crippen LogP contribution in [-0.2, 0) is 0 Å². The second-order valence-electron chi connectivity index (χ2n) is 5.56. The molecule has 22 heavy (non-hydrogen) atoms. The molecule has 112 valence electrons. The Hall–Kier alpha value is -2.21. The second-order valence-corrected chi connectivity index (χ2v) is 6.28. The first-order valence-corrected chi connectivity index (χ1v) is 8.44. The van der Waals surface area contributed by atoms with Crippen LogP contribution in [0.1, 0.15) is 42.2 Å². The van der Waals surface area contributed by atoms with Gasteiger partial charge in [0.15, 0.2) is 0 Å². The van der Waals surface area contributed by atoms with E-state index in [4.69, 9.17) is 0 Å². The molecule has 1 saturated carbocycles. The lowest BCUT2D eigenvalue weighted by molar-refractivity contribution is 0.102. The minimum absolute atomic E-state index is 0.198. The van der Waals surface area contributed by atoms with Gasteiger partial charge >= 0.3 is 0 Å². The Morgan fingerprint density at radius 3 is 2.86 bits per heavy atom. The first kappa shape index (κ1) is 13.5. The summed E-state index contributed by atoms with van der Waals surface area (Å²) in [5.41, 5.74) is 4.11. The van der Waals surface area contributed by atoms with Gasteiger partial charge in [0.05, 0.1) is 16.5 Å². The van der Waals surface area contributed by atoms with Crippen molar-refractivity contribution in [2.75, 3.05) is 5.32 Å². The van der Waals surface area contributed by atoms with E-state index in [1.807, 2.05) is 18.2 Å². The summed E-state index contributed by atoms with van der Waals surface area (Å²) in [6.45, 7) is 0. The number of nitrogens with one attached hydrogen (secondary N) is 1. The zero-order valence-corrected chi connectivity index (χ0v) is 12.8. The maximum atomic E-state index is 12.3. The molecular formula is C16H16N4OS. The van der Waals surface area contributed by atoms with Crippen LogP contribution < -0.4 is 5.32 Å². The van der Waals surface area contributed by atoms with Crippen molar-refractivity contribution in [3.63, 3.8) is 0 Å². The monoisotopic (exact) mass is 312 g/mol. The Morgan fingerprint density at radius 2 is 2.09 bits per heavy atom. The molecule has 1 aromatic carbocycles.